The van der Waals surface area contributed by atoms with Crippen LogP contribution < -0.4 is 11.1 Å². The Morgan fingerprint density at radius 2 is 2.29 bits per heavy atom. The van der Waals surface area contributed by atoms with E-state index in [0.29, 0.717) is 24.7 Å². The molecule has 0 aliphatic rings. The molecule has 4 nitrogen and oxygen atoms in total. The summed E-state index contributed by atoms with van der Waals surface area (Å²) in [7, 11) is 0. The summed E-state index contributed by atoms with van der Waals surface area (Å²) < 4.78 is 0. The summed E-state index contributed by atoms with van der Waals surface area (Å²) in [5.74, 6) is 0.517. The van der Waals surface area contributed by atoms with Crippen molar-refractivity contribution >= 4 is 29.7 Å². The minimum atomic E-state index is -0.0832. The number of nitrogens with zero attached hydrogens (tertiary/aromatic N) is 1. The lowest BCUT2D eigenvalue weighted by molar-refractivity contribution is 0.0947. The Balaban J connectivity index is 0.00000256. The summed E-state index contributed by atoms with van der Waals surface area (Å²) in [5.41, 5.74) is 5.94. The van der Waals surface area contributed by atoms with Gasteiger partial charge < -0.3 is 11.1 Å². The highest BCUT2D eigenvalue weighted by molar-refractivity contribution is 7.09. The van der Waals surface area contributed by atoms with Crippen molar-refractivity contribution in [2.75, 3.05) is 13.1 Å². The van der Waals surface area contributed by atoms with Crippen LogP contribution in [0.5, 0.6) is 0 Å². The second-order valence-electron chi connectivity index (χ2n) is 4.10. The average Bonchev–Trinajstić information content (AvgIpc) is 2.66. The van der Waals surface area contributed by atoms with Gasteiger partial charge in [-0.3, -0.25) is 4.79 Å². The molecular formula is C11H20ClN3OS. The number of hydrogen-bond donors (Lipinski definition) is 2. The van der Waals surface area contributed by atoms with E-state index in [1.54, 1.807) is 5.38 Å². The predicted octanol–water partition coefficient (Wildman–Crippen LogP) is 1.84. The molecule has 0 bridgehead atoms. The third-order valence-corrected chi connectivity index (χ3v) is 3.06. The lowest BCUT2D eigenvalue weighted by atomic mass is 10.1. The van der Waals surface area contributed by atoms with Gasteiger partial charge in [0.05, 0.1) is 5.01 Å². The van der Waals surface area contributed by atoms with Crippen LogP contribution in [0.2, 0.25) is 0 Å². The van der Waals surface area contributed by atoms with E-state index in [-0.39, 0.29) is 18.3 Å². The molecule has 1 aromatic heterocycles. The van der Waals surface area contributed by atoms with Crippen molar-refractivity contribution < 1.29 is 4.79 Å². The number of carbonyl (C=O) groups is 1. The van der Waals surface area contributed by atoms with Gasteiger partial charge in [-0.05, 0) is 18.9 Å². The molecule has 98 valence electrons. The molecular weight excluding hydrogens is 258 g/mol. The Morgan fingerprint density at radius 1 is 1.59 bits per heavy atom. The van der Waals surface area contributed by atoms with Crippen LogP contribution in [0.15, 0.2) is 5.38 Å². The largest absolute Gasteiger partial charge is 0.351 e. The molecule has 0 radical (unpaired) electrons. The molecule has 0 spiro atoms. The van der Waals surface area contributed by atoms with Crippen molar-refractivity contribution in [2.45, 2.75) is 26.7 Å². The number of carbonyl (C=O) groups excluding carboxylic acids is 1. The molecule has 0 saturated heterocycles. The molecule has 0 aromatic carbocycles. The maximum absolute atomic E-state index is 11.6. The van der Waals surface area contributed by atoms with Crippen LogP contribution in [0.3, 0.4) is 0 Å². The van der Waals surface area contributed by atoms with E-state index >= 15 is 0 Å². The maximum atomic E-state index is 11.6. The molecule has 1 amide bonds. The number of amides is 1. The summed E-state index contributed by atoms with van der Waals surface area (Å²) in [4.78, 5) is 15.9. The quantitative estimate of drug-likeness (QED) is 0.834. The van der Waals surface area contributed by atoms with Gasteiger partial charge in [-0.2, -0.15) is 0 Å². The molecule has 1 heterocycles. The van der Waals surface area contributed by atoms with E-state index in [9.17, 15) is 4.79 Å². The second-order valence-corrected chi connectivity index (χ2v) is 5.05. The van der Waals surface area contributed by atoms with Crippen molar-refractivity contribution in [2.24, 2.45) is 11.7 Å². The molecule has 6 heteroatoms. The number of nitrogens with two attached hydrogens (primary N) is 1. The zero-order valence-corrected chi connectivity index (χ0v) is 11.9. The Kier molecular flexibility index (Phi) is 8.12. The Labute approximate surface area is 112 Å². The molecule has 17 heavy (non-hydrogen) atoms. The van der Waals surface area contributed by atoms with Gasteiger partial charge in [0.25, 0.3) is 5.91 Å². The lowest BCUT2D eigenvalue weighted by Crippen LogP contribution is -2.25. The van der Waals surface area contributed by atoms with Crippen LogP contribution in [-0.4, -0.2) is 24.0 Å². The van der Waals surface area contributed by atoms with Crippen molar-refractivity contribution in [3.8, 4) is 0 Å². The van der Waals surface area contributed by atoms with E-state index in [1.807, 2.05) is 0 Å². The van der Waals surface area contributed by atoms with E-state index in [1.165, 1.54) is 11.3 Å². The normalized spacial score (nSPS) is 10.1. The molecule has 1 aromatic rings. The fourth-order valence-electron chi connectivity index (χ4n) is 1.22. The Bertz CT molecular complexity index is 341. The molecule has 0 fully saturated rings. The van der Waals surface area contributed by atoms with Gasteiger partial charge in [0.15, 0.2) is 0 Å². The highest BCUT2D eigenvalue weighted by Gasteiger charge is 2.09. The second kappa shape index (κ2) is 8.44. The first-order valence-electron chi connectivity index (χ1n) is 5.56. The van der Waals surface area contributed by atoms with Gasteiger partial charge in [-0.25, -0.2) is 4.98 Å². The summed E-state index contributed by atoms with van der Waals surface area (Å²) in [6, 6.07) is 0. The highest BCUT2D eigenvalue weighted by Crippen LogP contribution is 2.09. The third-order valence-electron chi connectivity index (χ3n) is 2.15. The summed E-state index contributed by atoms with van der Waals surface area (Å²) >= 11 is 1.49. The molecule has 0 saturated carbocycles. The average molecular weight is 278 g/mol. The molecule has 0 atom stereocenters. The van der Waals surface area contributed by atoms with Crippen LogP contribution in [0, 0.1) is 5.92 Å². The fourth-order valence-corrected chi connectivity index (χ4v) is 2.01. The molecule has 0 unspecified atom stereocenters. The van der Waals surface area contributed by atoms with Gasteiger partial charge in [0.1, 0.15) is 5.69 Å². The number of thiazole rings is 1. The number of halogens is 1. The van der Waals surface area contributed by atoms with Gasteiger partial charge in [-0.1, -0.05) is 13.8 Å². The van der Waals surface area contributed by atoms with Crippen molar-refractivity contribution in [1.82, 2.24) is 10.3 Å². The van der Waals surface area contributed by atoms with E-state index in [4.69, 9.17) is 5.73 Å². The SMILES string of the molecule is CC(C)CCNC(=O)c1csc(CCN)n1.Cl. The Hall–Kier alpha value is -0.650. The standard InChI is InChI=1S/C11H19N3OS.ClH/c1-8(2)4-6-13-11(15)9-7-16-10(14-9)3-5-12;/h7-8H,3-6,12H2,1-2H3,(H,13,15);1H. The topological polar surface area (TPSA) is 68.0 Å². The maximum Gasteiger partial charge on any atom is 0.270 e. The number of hydrogen-bond acceptors (Lipinski definition) is 4. The predicted molar refractivity (Wildman–Crippen MR) is 73.9 cm³/mol. The van der Waals surface area contributed by atoms with E-state index < -0.39 is 0 Å². The smallest absolute Gasteiger partial charge is 0.270 e. The molecule has 0 aliphatic carbocycles. The van der Waals surface area contributed by atoms with Gasteiger partial charge in [0.2, 0.25) is 0 Å². The van der Waals surface area contributed by atoms with Crippen LogP contribution in [-0.2, 0) is 6.42 Å². The monoisotopic (exact) mass is 277 g/mol. The number of aromatic nitrogens is 1. The fraction of sp³-hybridized carbons (Fsp3) is 0.636. The molecule has 0 aliphatic heterocycles. The van der Waals surface area contributed by atoms with E-state index in [0.717, 1.165) is 17.8 Å². The van der Waals surface area contributed by atoms with Gasteiger partial charge in [0, 0.05) is 18.3 Å². The van der Waals surface area contributed by atoms with E-state index in [2.05, 4.69) is 24.1 Å². The van der Waals surface area contributed by atoms with Crippen molar-refractivity contribution in [3.05, 3.63) is 16.1 Å². The summed E-state index contributed by atoms with van der Waals surface area (Å²) in [6.45, 7) is 5.55. The minimum Gasteiger partial charge on any atom is -0.351 e. The zero-order chi connectivity index (χ0) is 12.0. The number of nitrogens with one attached hydrogen (secondary N) is 1. The zero-order valence-electron chi connectivity index (χ0n) is 10.2. The van der Waals surface area contributed by atoms with Crippen LogP contribution >= 0.6 is 23.7 Å². The van der Waals surface area contributed by atoms with Crippen LogP contribution in [0.25, 0.3) is 0 Å². The lowest BCUT2D eigenvalue weighted by Gasteiger charge is -2.05. The van der Waals surface area contributed by atoms with Crippen molar-refractivity contribution in [3.63, 3.8) is 0 Å². The summed E-state index contributed by atoms with van der Waals surface area (Å²) in [5, 5.41) is 5.57. The first-order valence-corrected chi connectivity index (χ1v) is 6.44. The molecule has 3 N–H and O–H groups in total. The number of rotatable bonds is 6. The highest BCUT2D eigenvalue weighted by atomic mass is 35.5. The first kappa shape index (κ1) is 16.4. The van der Waals surface area contributed by atoms with Crippen molar-refractivity contribution in [1.29, 1.82) is 0 Å². The third kappa shape index (κ3) is 6.00. The Morgan fingerprint density at radius 3 is 2.88 bits per heavy atom. The first-order chi connectivity index (χ1) is 7.63. The molecule has 1 rings (SSSR count). The van der Waals surface area contributed by atoms with Gasteiger partial charge >= 0.3 is 0 Å². The minimum absolute atomic E-state index is 0. The summed E-state index contributed by atoms with van der Waals surface area (Å²) in [6.07, 6.45) is 1.73. The van der Waals surface area contributed by atoms with Gasteiger partial charge in [-0.15, -0.1) is 23.7 Å². The van der Waals surface area contributed by atoms with Crippen LogP contribution in [0.4, 0.5) is 0 Å². The van der Waals surface area contributed by atoms with Crippen LogP contribution in [0.1, 0.15) is 35.8 Å².